The summed E-state index contributed by atoms with van der Waals surface area (Å²) in [4.78, 5) is 11.6. The average Bonchev–Trinajstić information content (AvgIpc) is 2.48. The fourth-order valence-electron chi connectivity index (χ4n) is 3.78. The molecule has 1 saturated carbocycles. The largest absolute Gasteiger partial charge is 0.509 e. The molecular weight excluding hydrogens is 292 g/mol. The summed E-state index contributed by atoms with van der Waals surface area (Å²) in [5, 5.41) is 11.2. The molecule has 2 aliphatic rings. The molecule has 0 saturated heterocycles. The molecule has 1 N–H and O–H groups in total. The maximum atomic E-state index is 11.6. The van der Waals surface area contributed by atoms with Crippen LogP contribution in [0.2, 0.25) is 0 Å². The Morgan fingerprint density at radius 3 is 2.87 bits per heavy atom. The molecule has 0 unspecified atom stereocenters. The van der Waals surface area contributed by atoms with Crippen molar-refractivity contribution in [2.75, 3.05) is 6.61 Å². The molecule has 0 aromatic heterocycles. The van der Waals surface area contributed by atoms with Crippen molar-refractivity contribution in [1.82, 2.24) is 0 Å². The van der Waals surface area contributed by atoms with Crippen LogP contribution in [0, 0.1) is 42.4 Å². The molecule has 0 aromatic rings. The van der Waals surface area contributed by atoms with Crippen LogP contribution in [0.15, 0.2) is 11.6 Å². The Hall–Kier alpha value is -1.47. The first-order valence-electron chi connectivity index (χ1n) is 8.24. The summed E-state index contributed by atoms with van der Waals surface area (Å²) >= 11 is 0. The number of hydrogen-bond donors (Lipinski definition) is 1. The van der Waals surface area contributed by atoms with E-state index in [1.165, 1.54) is 0 Å². The van der Waals surface area contributed by atoms with Crippen molar-refractivity contribution in [3.63, 3.8) is 0 Å². The number of carbonyl (C=O) groups is 1. The van der Waals surface area contributed by atoms with E-state index < -0.39 is 17.9 Å². The van der Waals surface area contributed by atoms with Crippen LogP contribution < -0.4 is 0 Å². The first-order chi connectivity index (χ1) is 10.8. The van der Waals surface area contributed by atoms with E-state index in [1.807, 2.05) is 13.8 Å². The third kappa shape index (κ3) is 3.55. The molecule has 0 aliphatic heterocycles. The number of hydrogen-bond acceptors (Lipinski definition) is 4. The quantitative estimate of drug-likeness (QED) is 0.493. The third-order valence-electron chi connectivity index (χ3n) is 5.22. The van der Waals surface area contributed by atoms with Crippen molar-refractivity contribution in [1.29, 1.82) is 0 Å². The van der Waals surface area contributed by atoms with Crippen LogP contribution in [0.3, 0.4) is 0 Å². The van der Waals surface area contributed by atoms with Gasteiger partial charge in [-0.3, -0.25) is 0 Å². The highest BCUT2D eigenvalue weighted by atomic mass is 16.7. The number of fused-ring (bicyclic) bond motifs is 1. The minimum absolute atomic E-state index is 0.00725. The second-order valence-corrected chi connectivity index (χ2v) is 7.03. The summed E-state index contributed by atoms with van der Waals surface area (Å²) in [5.41, 5.74) is -0.207. The van der Waals surface area contributed by atoms with Gasteiger partial charge in [0.15, 0.2) is 6.61 Å². The van der Waals surface area contributed by atoms with Gasteiger partial charge in [-0.2, -0.15) is 0 Å². The molecule has 2 aliphatic carbocycles. The lowest BCUT2D eigenvalue weighted by atomic mass is 9.57. The smallest absolute Gasteiger partial charge is 0.426 e. The SMILES string of the molecule is C#CCOC(=O)O[C@@H]1[C][C@@]2(O)[C@H](C)CC[C@@H](C(C)C)[C@H]2C=C1C. The van der Waals surface area contributed by atoms with Gasteiger partial charge in [0.05, 0.1) is 12.0 Å². The Morgan fingerprint density at radius 2 is 2.26 bits per heavy atom. The molecule has 1 fully saturated rings. The van der Waals surface area contributed by atoms with Gasteiger partial charge in [0.25, 0.3) is 0 Å². The summed E-state index contributed by atoms with van der Waals surface area (Å²) in [6.07, 6.45) is 10.7. The number of ether oxygens (including phenoxy) is 2. The Labute approximate surface area is 139 Å². The monoisotopic (exact) mass is 318 g/mol. The predicted octanol–water partition coefficient (Wildman–Crippen LogP) is 3.23. The van der Waals surface area contributed by atoms with Crippen LogP contribution in [-0.2, 0) is 9.47 Å². The van der Waals surface area contributed by atoms with Crippen molar-refractivity contribution in [3.05, 3.63) is 18.1 Å². The van der Waals surface area contributed by atoms with E-state index >= 15 is 0 Å². The third-order valence-corrected chi connectivity index (χ3v) is 5.22. The topological polar surface area (TPSA) is 55.8 Å². The first kappa shape index (κ1) is 17.9. The maximum Gasteiger partial charge on any atom is 0.509 e. The summed E-state index contributed by atoms with van der Waals surface area (Å²) in [6, 6.07) is 0. The van der Waals surface area contributed by atoms with Crippen LogP contribution in [0.1, 0.15) is 40.5 Å². The number of carbonyl (C=O) groups excluding carboxylic acids is 1. The number of rotatable bonds is 3. The normalized spacial score (nSPS) is 36.7. The minimum Gasteiger partial charge on any atom is -0.426 e. The second kappa shape index (κ2) is 6.97. The molecule has 0 amide bonds. The molecule has 0 heterocycles. The van der Waals surface area contributed by atoms with E-state index in [0.29, 0.717) is 11.8 Å². The lowest BCUT2D eigenvalue weighted by molar-refractivity contribution is -0.0955. The van der Waals surface area contributed by atoms with E-state index in [4.69, 9.17) is 15.9 Å². The zero-order valence-electron chi connectivity index (χ0n) is 14.3. The average molecular weight is 318 g/mol. The first-order valence-corrected chi connectivity index (χ1v) is 8.24. The predicted molar refractivity (Wildman–Crippen MR) is 87.2 cm³/mol. The molecule has 126 valence electrons. The molecule has 0 spiro atoms. The van der Waals surface area contributed by atoms with Crippen molar-refractivity contribution in [2.45, 2.75) is 52.2 Å². The molecule has 2 rings (SSSR count). The van der Waals surface area contributed by atoms with Gasteiger partial charge in [-0.25, -0.2) is 4.79 Å². The van der Waals surface area contributed by atoms with E-state index in [-0.39, 0.29) is 18.4 Å². The van der Waals surface area contributed by atoms with Gasteiger partial charge in [-0.1, -0.05) is 32.8 Å². The highest BCUT2D eigenvalue weighted by Crippen LogP contribution is 2.50. The Morgan fingerprint density at radius 1 is 1.57 bits per heavy atom. The lowest BCUT2D eigenvalue weighted by Crippen LogP contribution is -2.56. The minimum atomic E-state index is -1.08. The molecule has 5 atom stereocenters. The zero-order chi connectivity index (χ0) is 17.2. The molecular formula is C19H26O4. The summed E-state index contributed by atoms with van der Waals surface area (Å²) < 4.78 is 10.0. The van der Waals surface area contributed by atoms with Gasteiger partial charge in [0.2, 0.25) is 0 Å². The Kier molecular flexibility index (Phi) is 5.41. The van der Waals surface area contributed by atoms with Gasteiger partial charge in [0, 0.05) is 5.92 Å². The van der Waals surface area contributed by atoms with Crippen molar-refractivity contribution in [3.8, 4) is 12.3 Å². The van der Waals surface area contributed by atoms with Crippen LogP contribution in [0.4, 0.5) is 4.79 Å². The zero-order valence-corrected chi connectivity index (χ0v) is 14.3. The molecule has 0 bridgehead atoms. The number of aliphatic hydroxyl groups is 1. The van der Waals surface area contributed by atoms with E-state index in [2.05, 4.69) is 32.3 Å². The van der Waals surface area contributed by atoms with Crippen LogP contribution in [0.25, 0.3) is 0 Å². The van der Waals surface area contributed by atoms with Gasteiger partial charge in [0.1, 0.15) is 6.10 Å². The summed E-state index contributed by atoms with van der Waals surface area (Å²) in [6.45, 7) is 8.15. The molecule has 23 heavy (non-hydrogen) atoms. The second-order valence-electron chi connectivity index (χ2n) is 7.03. The highest BCUT2D eigenvalue weighted by Gasteiger charge is 2.53. The van der Waals surface area contributed by atoms with Gasteiger partial charge in [-0.05, 0) is 43.1 Å². The Bertz CT molecular complexity index is 516. The van der Waals surface area contributed by atoms with Gasteiger partial charge in [-0.15, -0.1) is 6.42 Å². The van der Waals surface area contributed by atoms with Crippen molar-refractivity contribution in [2.24, 2.45) is 23.7 Å². The van der Waals surface area contributed by atoms with Gasteiger partial charge < -0.3 is 14.6 Å². The van der Waals surface area contributed by atoms with E-state index in [9.17, 15) is 9.90 Å². The summed E-state index contributed by atoms with van der Waals surface area (Å²) in [7, 11) is 0. The lowest BCUT2D eigenvalue weighted by Gasteiger charge is -2.52. The van der Waals surface area contributed by atoms with Gasteiger partial charge >= 0.3 is 6.16 Å². The standard InChI is InChI=1S/C19H26O4/c1-6-9-22-18(20)23-17-11-19(21)14(5)7-8-15(12(2)3)16(19)10-13(17)4/h1,10,12,14-17,21H,7-9H2,2-5H3/t14-,15+,16-,17-,19-/m1/s1. The van der Waals surface area contributed by atoms with Crippen molar-refractivity contribution < 1.29 is 19.4 Å². The van der Waals surface area contributed by atoms with Crippen LogP contribution >= 0.6 is 0 Å². The van der Waals surface area contributed by atoms with E-state index in [1.54, 1.807) is 0 Å². The summed E-state index contributed by atoms with van der Waals surface area (Å²) in [5.74, 6) is 3.17. The molecule has 0 aromatic carbocycles. The number of terminal acetylenes is 1. The maximum absolute atomic E-state index is 11.6. The van der Waals surface area contributed by atoms with E-state index in [0.717, 1.165) is 18.4 Å². The fourth-order valence-corrected chi connectivity index (χ4v) is 3.78. The van der Waals surface area contributed by atoms with Crippen LogP contribution in [-0.4, -0.2) is 29.6 Å². The Balaban J connectivity index is 2.20. The fraction of sp³-hybridized carbons (Fsp3) is 0.684. The molecule has 4 heteroatoms. The molecule has 4 nitrogen and oxygen atoms in total. The highest BCUT2D eigenvalue weighted by molar-refractivity contribution is 5.61. The molecule has 2 radical (unpaired) electrons. The van der Waals surface area contributed by atoms with Crippen LogP contribution in [0.5, 0.6) is 0 Å². The van der Waals surface area contributed by atoms with Crippen molar-refractivity contribution >= 4 is 6.16 Å².